The second kappa shape index (κ2) is 3.59. The Labute approximate surface area is 91.3 Å². The van der Waals surface area contributed by atoms with E-state index in [2.05, 4.69) is 9.40 Å². The van der Waals surface area contributed by atoms with E-state index >= 15 is 0 Å². The van der Waals surface area contributed by atoms with Gasteiger partial charge in [-0.3, -0.25) is 4.57 Å². The van der Waals surface area contributed by atoms with Gasteiger partial charge in [0.1, 0.15) is 5.39 Å². The van der Waals surface area contributed by atoms with Crippen molar-refractivity contribution in [2.24, 2.45) is 0 Å². The van der Waals surface area contributed by atoms with Gasteiger partial charge in [-0.25, -0.2) is 14.6 Å². The fraction of sp³-hybridized carbons (Fsp3) is 0.364. The largest absolute Gasteiger partial charge is 0.423 e. The summed E-state index contributed by atoms with van der Waals surface area (Å²) in [7, 11) is 0. The van der Waals surface area contributed by atoms with Gasteiger partial charge in [0.25, 0.3) is 0 Å². The van der Waals surface area contributed by atoms with Gasteiger partial charge < -0.3 is 4.42 Å². The molecule has 16 heavy (non-hydrogen) atoms. The smallest absolute Gasteiger partial charge is 0.372 e. The predicted molar refractivity (Wildman–Crippen MR) is 59.7 cm³/mol. The van der Waals surface area contributed by atoms with E-state index in [0.29, 0.717) is 17.6 Å². The van der Waals surface area contributed by atoms with Crippen molar-refractivity contribution in [3.05, 3.63) is 38.3 Å². The average molecular weight is 220 g/mol. The van der Waals surface area contributed by atoms with E-state index in [9.17, 15) is 9.59 Å². The average Bonchev–Trinajstić information content (AvgIpc) is 2.22. The number of hydrogen-bond donors (Lipinski definition) is 0. The Morgan fingerprint density at radius 2 is 2.06 bits per heavy atom. The van der Waals surface area contributed by atoms with E-state index in [1.54, 1.807) is 13.0 Å². The summed E-state index contributed by atoms with van der Waals surface area (Å²) in [5, 5.41) is 0.351. The lowest BCUT2D eigenvalue weighted by atomic mass is 10.2. The van der Waals surface area contributed by atoms with Gasteiger partial charge in [0.05, 0.1) is 0 Å². The standard InChI is InChI=1S/C11H12N2O3/c1-4-13-9-8(10(14)16-11(13)15)5-6(2)7(3)12-9/h5H,4H2,1-3H3. The number of aromatic nitrogens is 2. The van der Waals surface area contributed by atoms with Gasteiger partial charge in [0.2, 0.25) is 0 Å². The summed E-state index contributed by atoms with van der Waals surface area (Å²) in [6, 6.07) is 1.70. The number of pyridine rings is 1. The van der Waals surface area contributed by atoms with Gasteiger partial charge in [-0.2, -0.15) is 0 Å². The SMILES string of the molecule is CCn1c(=O)oc(=O)c2cc(C)c(C)nc21. The summed E-state index contributed by atoms with van der Waals surface area (Å²) >= 11 is 0. The van der Waals surface area contributed by atoms with Gasteiger partial charge in [0, 0.05) is 12.2 Å². The topological polar surface area (TPSA) is 65.1 Å². The monoisotopic (exact) mass is 220 g/mol. The van der Waals surface area contributed by atoms with Crippen molar-refractivity contribution >= 4 is 11.0 Å². The molecule has 0 bridgehead atoms. The molecule has 0 aliphatic rings. The van der Waals surface area contributed by atoms with Crippen molar-refractivity contribution in [1.29, 1.82) is 0 Å². The minimum atomic E-state index is -0.657. The number of rotatable bonds is 1. The predicted octanol–water partition coefficient (Wildman–Crippen LogP) is 0.986. The Kier molecular flexibility index (Phi) is 2.38. The van der Waals surface area contributed by atoms with Crippen molar-refractivity contribution in [2.75, 3.05) is 0 Å². The summed E-state index contributed by atoms with van der Waals surface area (Å²) in [5.74, 6) is -0.657. The molecule has 0 saturated heterocycles. The minimum Gasteiger partial charge on any atom is -0.372 e. The van der Waals surface area contributed by atoms with Crippen LogP contribution >= 0.6 is 0 Å². The lowest BCUT2D eigenvalue weighted by Gasteiger charge is -2.06. The number of nitrogens with zero attached hydrogens (tertiary/aromatic N) is 2. The second-order valence-electron chi connectivity index (χ2n) is 3.66. The van der Waals surface area contributed by atoms with E-state index in [4.69, 9.17) is 0 Å². The lowest BCUT2D eigenvalue weighted by molar-refractivity contribution is 0.419. The maximum absolute atomic E-state index is 11.5. The van der Waals surface area contributed by atoms with Gasteiger partial charge in [-0.1, -0.05) is 0 Å². The van der Waals surface area contributed by atoms with Crippen LogP contribution in [0.25, 0.3) is 11.0 Å². The zero-order chi connectivity index (χ0) is 11.9. The molecule has 0 aromatic carbocycles. The van der Waals surface area contributed by atoms with Crippen LogP contribution in [-0.2, 0) is 6.54 Å². The van der Waals surface area contributed by atoms with Crippen molar-refractivity contribution in [3.63, 3.8) is 0 Å². The molecule has 0 N–H and O–H groups in total. The second-order valence-corrected chi connectivity index (χ2v) is 3.66. The van der Waals surface area contributed by atoms with Crippen LogP contribution in [0.5, 0.6) is 0 Å². The molecule has 0 spiro atoms. The molecule has 84 valence electrons. The van der Waals surface area contributed by atoms with Crippen LogP contribution in [0.2, 0.25) is 0 Å². The number of aryl methyl sites for hydroxylation is 3. The van der Waals surface area contributed by atoms with Crippen molar-refractivity contribution in [3.8, 4) is 0 Å². The summed E-state index contributed by atoms with van der Waals surface area (Å²) in [6.07, 6.45) is 0. The third-order valence-electron chi connectivity index (χ3n) is 2.64. The Hall–Kier alpha value is -1.91. The van der Waals surface area contributed by atoms with E-state index in [1.807, 2.05) is 13.8 Å². The van der Waals surface area contributed by atoms with Crippen molar-refractivity contribution < 1.29 is 4.42 Å². The molecule has 2 aromatic rings. The highest BCUT2D eigenvalue weighted by Crippen LogP contribution is 2.11. The van der Waals surface area contributed by atoms with E-state index in [1.165, 1.54) is 4.57 Å². The molecule has 5 nitrogen and oxygen atoms in total. The zero-order valence-corrected chi connectivity index (χ0v) is 9.40. The highest BCUT2D eigenvalue weighted by atomic mass is 16.4. The summed E-state index contributed by atoms with van der Waals surface area (Å²) in [6.45, 7) is 5.93. The quantitative estimate of drug-likeness (QED) is 0.718. The van der Waals surface area contributed by atoms with E-state index in [0.717, 1.165) is 11.3 Å². The Morgan fingerprint density at radius 3 is 2.69 bits per heavy atom. The van der Waals surface area contributed by atoms with Gasteiger partial charge in [-0.05, 0) is 32.4 Å². The van der Waals surface area contributed by atoms with Gasteiger partial charge >= 0.3 is 11.4 Å². The molecule has 2 aromatic heterocycles. The fourth-order valence-electron chi connectivity index (χ4n) is 1.60. The molecule has 0 radical (unpaired) electrons. The molecule has 0 amide bonds. The molecular weight excluding hydrogens is 208 g/mol. The van der Waals surface area contributed by atoms with Crippen LogP contribution in [-0.4, -0.2) is 9.55 Å². The third kappa shape index (κ3) is 1.44. The maximum Gasteiger partial charge on any atom is 0.423 e. The first-order valence-electron chi connectivity index (χ1n) is 5.06. The van der Waals surface area contributed by atoms with Gasteiger partial charge in [0.15, 0.2) is 5.65 Å². The van der Waals surface area contributed by atoms with Crippen LogP contribution in [0.15, 0.2) is 20.1 Å². The van der Waals surface area contributed by atoms with E-state index < -0.39 is 11.4 Å². The summed E-state index contributed by atoms with van der Waals surface area (Å²) < 4.78 is 5.97. The molecule has 0 unspecified atom stereocenters. The molecular formula is C11H12N2O3. The molecule has 2 rings (SSSR count). The first-order valence-corrected chi connectivity index (χ1v) is 5.06. The first kappa shape index (κ1) is 10.6. The normalized spacial score (nSPS) is 10.9. The van der Waals surface area contributed by atoms with Crippen LogP contribution in [0.4, 0.5) is 0 Å². The van der Waals surface area contributed by atoms with Crippen LogP contribution in [0.1, 0.15) is 18.2 Å². The van der Waals surface area contributed by atoms with Crippen LogP contribution in [0, 0.1) is 13.8 Å². The summed E-state index contributed by atoms with van der Waals surface area (Å²) in [4.78, 5) is 27.2. The molecule has 0 aliphatic carbocycles. The molecule has 0 atom stereocenters. The molecule has 5 heteroatoms. The zero-order valence-electron chi connectivity index (χ0n) is 9.40. The van der Waals surface area contributed by atoms with Crippen molar-refractivity contribution in [1.82, 2.24) is 9.55 Å². The molecule has 2 heterocycles. The van der Waals surface area contributed by atoms with Crippen LogP contribution < -0.4 is 11.4 Å². The van der Waals surface area contributed by atoms with Crippen LogP contribution in [0.3, 0.4) is 0 Å². The number of fused-ring (bicyclic) bond motifs is 1. The summed E-state index contributed by atoms with van der Waals surface area (Å²) in [5.41, 5.74) is 1.48. The molecule has 0 aliphatic heterocycles. The fourth-order valence-corrected chi connectivity index (χ4v) is 1.60. The Bertz CT molecular complexity index is 667. The highest BCUT2D eigenvalue weighted by Gasteiger charge is 2.10. The first-order chi connectivity index (χ1) is 7.54. The molecule has 0 fully saturated rings. The Balaban J connectivity index is 3.06. The third-order valence-corrected chi connectivity index (χ3v) is 2.64. The maximum atomic E-state index is 11.5. The van der Waals surface area contributed by atoms with Gasteiger partial charge in [-0.15, -0.1) is 0 Å². The van der Waals surface area contributed by atoms with E-state index in [-0.39, 0.29) is 0 Å². The van der Waals surface area contributed by atoms with Crippen molar-refractivity contribution in [2.45, 2.75) is 27.3 Å². The molecule has 0 saturated carbocycles. The highest BCUT2D eigenvalue weighted by molar-refractivity contribution is 5.74. The lowest BCUT2D eigenvalue weighted by Crippen LogP contribution is -2.25. The minimum absolute atomic E-state index is 0.351. The Morgan fingerprint density at radius 1 is 1.38 bits per heavy atom. The number of hydrogen-bond acceptors (Lipinski definition) is 4.